The summed E-state index contributed by atoms with van der Waals surface area (Å²) < 4.78 is 32.5. The van der Waals surface area contributed by atoms with Crippen LogP contribution < -0.4 is 10.9 Å². The molecule has 28 heavy (non-hydrogen) atoms. The van der Waals surface area contributed by atoms with Crippen molar-refractivity contribution in [3.05, 3.63) is 54.2 Å². The SMILES string of the molecule is Cc1cc2nc(N(N)C(=O)OC(C)(C)C)ccc2n1S(=O)(=O)c1ccccc1. The number of aromatic nitrogens is 2. The number of hydrogen-bond donors (Lipinski definition) is 1. The van der Waals surface area contributed by atoms with E-state index >= 15 is 0 Å². The Kier molecular flexibility index (Phi) is 4.90. The molecule has 0 unspecified atom stereocenters. The minimum atomic E-state index is -3.79. The molecular weight excluding hydrogens is 380 g/mol. The number of hydrogen-bond acceptors (Lipinski definition) is 6. The third-order valence-electron chi connectivity index (χ3n) is 3.89. The molecule has 0 aliphatic heterocycles. The third kappa shape index (κ3) is 3.71. The summed E-state index contributed by atoms with van der Waals surface area (Å²) >= 11 is 0. The summed E-state index contributed by atoms with van der Waals surface area (Å²) in [4.78, 5) is 16.7. The van der Waals surface area contributed by atoms with Gasteiger partial charge in [0, 0.05) is 5.69 Å². The first-order chi connectivity index (χ1) is 13.0. The Labute approximate surface area is 163 Å². The first-order valence-corrected chi connectivity index (χ1v) is 10.0. The molecule has 9 heteroatoms. The molecule has 0 aliphatic carbocycles. The third-order valence-corrected chi connectivity index (χ3v) is 5.72. The number of fused-ring (bicyclic) bond motifs is 1. The van der Waals surface area contributed by atoms with E-state index in [1.165, 1.54) is 22.2 Å². The Morgan fingerprint density at radius 3 is 2.39 bits per heavy atom. The van der Waals surface area contributed by atoms with Gasteiger partial charge in [-0.1, -0.05) is 18.2 Å². The number of rotatable bonds is 3. The molecule has 3 rings (SSSR count). The van der Waals surface area contributed by atoms with E-state index in [4.69, 9.17) is 10.6 Å². The Morgan fingerprint density at radius 1 is 1.14 bits per heavy atom. The van der Waals surface area contributed by atoms with Crippen molar-refractivity contribution in [3.8, 4) is 0 Å². The average molecular weight is 402 g/mol. The van der Waals surface area contributed by atoms with Gasteiger partial charge >= 0.3 is 6.09 Å². The van der Waals surface area contributed by atoms with Crippen LogP contribution in [0.1, 0.15) is 26.5 Å². The topological polar surface area (TPSA) is 108 Å². The van der Waals surface area contributed by atoms with Crippen LogP contribution in [0, 0.1) is 6.92 Å². The van der Waals surface area contributed by atoms with Gasteiger partial charge in [-0.05, 0) is 58.0 Å². The van der Waals surface area contributed by atoms with E-state index < -0.39 is 21.7 Å². The lowest BCUT2D eigenvalue weighted by molar-refractivity contribution is 0.0579. The van der Waals surface area contributed by atoms with Crippen LogP contribution in [0.25, 0.3) is 11.0 Å². The van der Waals surface area contributed by atoms with Gasteiger partial charge in [-0.15, -0.1) is 0 Å². The maximum absolute atomic E-state index is 13.0. The predicted octanol–water partition coefficient (Wildman–Crippen LogP) is 3.20. The van der Waals surface area contributed by atoms with E-state index in [0.29, 0.717) is 16.7 Å². The van der Waals surface area contributed by atoms with Crippen molar-refractivity contribution in [2.45, 2.75) is 38.2 Å². The average Bonchev–Trinajstić information content (AvgIpc) is 2.95. The quantitative estimate of drug-likeness (QED) is 0.409. The Hall–Kier alpha value is -2.91. The van der Waals surface area contributed by atoms with Crippen molar-refractivity contribution in [1.82, 2.24) is 8.96 Å². The van der Waals surface area contributed by atoms with Crippen molar-refractivity contribution in [2.75, 3.05) is 5.01 Å². The molecule has 8 nitrogen and oxygen atoms in total. The number of ether oxygens (including phenoxy) is 1. The molecule has 0 fully saturated rings. The second-order valence-electron chi connectivity index (χ2n) is 7.29. The summed E-state index contributed by atoms with van der Waals surface area (Å²) in [5, 5.41) is 0.795. The number of nitrogens with two attached hydrogens (primary N) is 1. The summed E-state index contributed by atoms with van der Waals surface area (Å²) in [5.41, 5.74) is 0.572. The van der Waals surface area contributed by atoms with Gasteiger partial charge in [0.15, 0.2) is 5.82 Å². The van der Waals surface area contributed by atoms with E-state index in [2.05, 4.69) is 4.98 Å². The van der Waals surface area contributed by atoms with Gasteiger partial charge in [-0.25, -0.2) is 28.0 Å². The monoisotopic (exact) mass is 402 g/mol. The van der Waals surface area contributed by atoms with E-state index in [0.717, 1.165) is 5.01 Å². The van der Waals surface area contributed by atoms with Crippen LogP contribution >= 0.6 is 0 Å². The second kappa shape index (κ2) is 6.92. The smallest absolute Gasteiger partial charge is 0.430 e. The van der Waals surface area contributed by atoms with E-state index in [-0.39, 0.29) is 10.7 Å². The molecule has 0 saturated carbocycles. The van der Waals surface area contributed by atoms with Gasteiger partial charge in [-0.3, -0.25) is 0 Å². The van der Waals surface area contributed by atoms with Crippen molar-refractivity contribution < 1.29 is 17.9 Å². The minimum Gasteiger partial charge on any atom is -0.442 e. The van der Waals surface area contributed by atoms with Crippen LogP contribution in [0.2, 0.25) is 0 Å². The van der Waals surface area contributed by atoms with Gasteiger partial charge in [0.05, 0.1) is 15.9 Å². The maximum atomic E-state index is 13.0. The molecule has 2 N–H and O–H groups in total. The summed E-state index contributed by atoms with van der Waals surface area (Å²) in [5.74, 6) is 5.98. The summed E-state index contributed by atoms with van der Waals surface area (Å²) in [7, 11) is -3.79. The summed E-state index contributed by atoms with van der Waals surface area (Å²) in [6.07, 6.45) is -0.757. The number of carbonyl (C=O) groups is 1. The Bertz CT molecular complexity index is 1130. The van der Waals surface area contributed by atoms with Crippen LogP contribution in [-0.2, 0) is 14.8 Å². The largest absolute Gasteiger partial charge is 0.442 e. The first kappa shape index (κ1) is 19.8. The highest BCUT2D eigenvalue weighted by Gasteiger charge is 2.25. The summed E-state index contributed by atoms with van der Waals surface area (Å²) in [6, 6.07) is 12.8. The number of aryl methyl sites for hydroxylation is 1. The van der Waals surface area contributed by atoms with Crippen molar-refractivity contribution in [3.63, 3.8) is 0 Å². The van der Waals surface area contributed by atoms with E-state index in [9.17, 15) is 13.2 Å². The fourth-order valence-corrected chi connectivity index (χ4v) is 4.29. The number of anilines is 1. The van der Waals surface area contributed by atoms with Gasteiger partial charge in [-0.2, -0.15) is 5.01 Å². The molecule has 0 aliphatic rings. The number of hydrazine groups is 1. The fourth-order valence-electron chi connectivity index (χ4n) is 2.74. The molecule has 0 saturated heterocycles. The van der Waals surface area contributed by atoms with Gasteiger partial charge < -0.3 is 4.74 Å². The zero-order valence-corrected chi connectivity index (χ0v) is 16.9. The number of pyridine rings is 1. The Balaban J connectivity index is 2.04. The lowest BCUT2D eigenvalue weighted by atomic mass is 10.2. The molecular formula is C19H22N4O4S. The zero-order chi connectivity index (χ0) is 20.7. The van der Waals surface area contributed by atoms with Crippen molar-refractivity contribution >= 4 is 33.0 Å². The number of benzene rings is 1. The van der Waals surface area contributed by atoms with E-state index in [1.807, 2.05) is 0 Å². The van der Waals surface area contributed by atoms with Gasteiger partial charge in [0.2, 0.25) is 0 Å². The van der Waals surface area contributed by atoms with Crippen LogP contribution in [0.3, 0.4) is 0 Å². The van der Waals surface area contributed by atoms with Crippen LogP contribution in [0.15, 0.2) is 53.4 Å². The molecule has 0 radical (unpaired) electrons. The number of nitrogens with zero attached hydrogens (tertiary/aromatic N) is 3. The van der Waals surface area contributed by atoms with Gasteiger partial charge in [0.1, 0.15) is 5.60 Å². The molecule has 1 amide bonds. The standard InChI is InChI=1S/C19H22N4O4S/c1-13-12-15-16(23(13)28(25,26)14-8-6-5-7-9-14)10-11-17(21-15)22(20)18(24)27-19(2,3)4/h5-12H,20H2,1-4H3. The van der Waals surface area contributed by atoms with Gasteiger partial charge in [0.25, 0.3) is 10.0 Å². The molecule has 2 heterocycles. The highest BCUT2D eigenvalue weighted by atomic mass is 32.2. The Morgan fingerprint density at radius 2 is 1.79 bits per heavy atom. The highest BCUT2D eigenvalue weighted by molar-refractivity contribution is 7.90. The highest BCUT2D eigenvalue weighted by Crippen LogP contribution is 2.26. The predicted molar refractivity (Wildman–Crippen MR) is 106 cm³/mol. The fraction of sp³-hybridized carbons (Fsp3) is 0.263. The van der Waals surface area contributed by atoms with Crippen LogP contribution in [0.5, 0.6) is 0 Å². The van der Waals surface area contributed by atoms with Crippen molar-refractivity contribution in [1.29, 1.82) is 0 Å². The molecule has 148 valence electrons. The van der Waals surface area contributed by atoms with Crippen LogP contribution in [-0.4, -0.2) is 29.1 Å². The molecule has 0 spiro atoms. The maximum Gasteiger partial charge on any atom is 0.430 e. The lowest BCUT2D eigenvalue weighted by Gasteiger charge is -2.23. The normalized spacial score (nSPS) is 12.2. The zero-order valence-electron chi connectivity index (χ0n) is 16.1. The molecule has 1 aromatic carbocycles. The number of carbonyl (C=O) groups excluding carboxylic acids is 1. The number of amides is 1. The molecule has 2 aromatic heterocycles. The van der Waals surface area contributed by atoms with Crippen LogP contribution in [0.4, 0.5) is 10.6 Å². The summed E-state index contributed by atoms with van der Waals surface area (Å²) in [6.45, 7) is 6.86. The lowest BCUT2D eigenvalue weighted by Crippen LogP contribution is -2.42. The van der Waals surface area contributed by atoms with E-state index in [1.54, 1.807) is 58.0 Å². The molecule has 0 bridgehead atoms. The second-order valence-corrected chi connectivity index (χ2v) is 9.08. The molecule has 3 aromatic rings. The minimum absolute atomic E-state index is 0.149. The first-order valence-electron chi connectivity index (χ1n) is 8.58. The molecule has 0 atom stereocenters. The van der Waals surface area contributed by atoms with Crippen molar-refractivity contribution in [2.24, 2.45) is 5.84 Å².